The number of ether oxygens (including phenoxy) is 1. The van der Waals surface area contributed by atoms with Crippen LogP contribution < -0.4 is 0 Å². The lowest BCUT2D eigenvalue weighted by Crippen LogP contribution is -2.33. The first kappa shape index (κ1) is 24.8. The zero-order chi connectivity index (χ0) is 23.2. The summed E-state index contributed by atoms with van der Waals surface area (Å²) in [4.78, 5) is 47.2. The lowest BCUT2D eigenvalue weighted by molar-refractivity contribution is -0.0503. The highest BCUT2D eigenvalue weighted by atomic mass is 35.5. The maximum Gasteiger partial charge on any atom is 0.490 e. The van der Waals surface area contributed by atoms with Gasteiger partial charge in [-0.1, -0.05) is 11.6 Å². The molecule has 6 atom stereocenters. The maximum atomic E-state index is 11.8. The molecule has 0 spiro atoms. The summed E-state index contributed by atoms with van der Waals surface area (Å²) in [6.45, 7) is -0.958. The zero-order valence-electron chi connectivity index (χ0n) is 14.7. The van der Waals surface area contributed by atoms with Gasteiger partial charge in [-0.15, -0.1) is 0 Å². The van der Waals surface area contributed by atoms with Gasteiger partial charge >= 0.3 is 23.5 Å². The minimum atomic E-state index is -5.70. The molecule has 31 heavy (non-hydrogen) atoms. The summed E-state index contributed by atoms with van der Waals surface area (Å²) in [6.07, 6.45) is -3.71. The van der Waals surface area contributed by atoms with Crippen LogP contribution in [0.2, 0.25) is 5.15 Å². The normalized spacial score (nSPS) is 28.5. The van der Waals surface area contributed by atoms with E-state index in [0.29, 0.717) is 0 Å². The minimum absolute atomic E-state index is 0.0148. The largest absolute Gasteiger partial charge is 0.490 e. The van der Waals surface area contributed by atoms with E-state index in [1.807, 2.05) is 0 Å². The molecule has 0 aliphatic carbocycles. The van der Waals surface area contributed by atoms with Crippen molar-refractivity contribution in [2.75, 3.05) is 6.61 Å². The molecule has 0 amide bonds. The van der Waals surface area contributed by atoms with Crippen molar-refractivity contribution in [1.82, 2.24) is 19.5 Å². The molecule has 3 heterocycles. The molecule has 1 saturated heterocycles. The van der Waals surface area contributed by atoms with Crippen LogP contribution in [0.1, 0.15) is 6.23 Å². The van der Waals surface area contributed by atoms with Gasteiger partial charge in [-0.05, 0) is 0 Å². The molecule has 2 aromatic rings. The van der Waals surface area contributed by atoms with Crippen molar-refractivity contribution < 1.29 is 61.4 Å². The number of halogens is 1. The number of imidazole rings is 1. The Balaban J connectivity index is 1.69. The maximum absolute atomic E-state index is 11.8. The van der Waals surface area contributed by atoms with Gasteiger partial charge in [-0.3, -0.25) is 9.09 Å². The highest BCUT2D eigenvalue weighted by Crippen LogP contribution is 2.66. The van der Waals surface area contributed by atoms with Gasteiger partial charge in [-0.25, -0.2) is 28.6 Å². The van der Waals surface area contributed by atoms with Gasteiger partial charge in [0.15, 0.2) is 17.0 Å². The van der Waals surface area contributed by atoms with Crippen molar-refractivity contribution in [1.29, 1.82) is 0 Å². The molecule has 1 aliphatic rings. The Morgan fingerprint density at radius 2 is 1.71 bits per heavy atom. The van der Waals surface area contributed by atoms with Gasteiger partial charge in [0.1, 0.15) is 30.2 Å². The number of aliphatic hydroxyl groups is 2. The Labute approximate surface area is 176 Å². The fraction of sp³-hybridized carbons (Fsp3) is 0.500. The predicted octanol–water partition coefficient (Wildman–Crippen LogP) is -0.558. The van der Waals surface area contributed by atoms with Gasteiger partial charge in [0.2, 0.25) is 0 Å². The lowest BCUT2D eigenvalue weighted by atomic mass is 10.1. The van der Waals surface area contributed by atoms with E-state index >= 15 is 0 Å². The molecular formula is C10H14ClN4O13P3. The molecule has 1 fully saturated rings. The summed E-state index contributed by atoms with van der Waals surface area (Å²) in [5.41, 5.74) is 0.316. The summed E-state index contributed by atoms with van der Waals surface area (Å²) in [5, 5.41) is 20.4. The SMILES string of the molecule is O=P(O)(O)OP(=O)(O)OP(=O)(O)OC[C@H]1O[C@@H](n2cnc3c(Cl)ncnc32)[C@H](O)[C@@H]1O. The number of hydrogen-bond donors (Lipinski definition) is 6. The first-order valence-electron chi connectivity index (χ1n) is 7.82. The van der Waals surface area contributed by atoms with E-state index < -0.39 is 54.6 Å². The predicted molar refractivity (Wildman–Crippen MR) is 96.1 cm³/mol. The van der Waals surface area contributed by atoms with Crippen molar-refractivity contribution >= 4 is 46.2 Å². The summed E-state index contributed by atoms with van der Waals surface area (Å²) in [6, 6.07) is 0. The first-order chi connectivity index (χ1) is 14.2. The minimum Gasteiger partial charge on any atom is -0.387 e. The molecule has 17 nitrogen and oxygen atoms in total. The lowest BCUT2D eigenvalue weighted by Gasteiger charge is -2.19. The number of nitrogens with zero attached hydrogens (tertiary/aromatic N) is 4. The first-order valence-corrected chi connectivity index (χ1v) is 12.7. The third-order valence-electron chi connectivity index (χ3n) is 3.74. The second-order valence-electron chi connectivity index (χ2n) is 5.92. The molecule has 2 unspecified atom stereocenters. The standard InChI is InChI=1S/C10H14ClN4O13P3/c11-8-5-9(13-2-12-8)15(3-14-5)10-7(17)6(16)4(26-10)1-25-30(21,22)28-31(23,24)27-29(18,19)20/h2-4,6-7,10,16-17H,1H2,(H,21,22)(H,23,24)(H2,18,19,20)/t4-,6-,7-,10-/m1/s1. The third kappa shape index (κ3) is 5.93. The summed E-state index contributed by atoms with van der Waals surface area (Å²) < 4.78 is 51.9. The Morgan fingerprint density at radius 3 is 2.35 bits per heavy atom. The van der Waals surface area contributed by atoms with E-state index in [1.165, 1.54) is 10.9 Å². The van der Waals surface area contributed by atoms with Crippen LogP contribution in [0.25, 0.3) is 11.2 Å². The molecule has 21 heteroatoms. The molecule has 0 aromatic carbocycles. The molecular weight excluding hydrogens is 513 g/mol. The molecule has 0 radical (unpaired) electrons. The molecule has 174 valence electrons. The van der Waals surface area contributed by atoms with Crippen LogP contribution in [0.5, 0.6) is 0 Å². The smallest absolute Gasteiger partial charge is 0.387 e. The molecule has 1 aliphatic heterocycles. The van der Waals surface area contributed by atoms with E-state index in [1.54, 1.807) is 0 Å². The van der Waals surface area contributed by atoms with Gasteiger partial charge in [0.05, 0.1) is 12.9 Å². The van der Waals surface area contributed by atoms with E-state index in [9.17, 15) is 28.8 Å². The van der Waals surface area contributed by atoms with E-state index in [0.717, 1.165) is 6.33 Å². The highest BCUT2D eigenvalue weighted by molar-refractivity contribution is 7.66. The fourth-order valence-electron chi connectivity index (χ4n) is 2.58. The Kier molecular flexibility index (Phi) is 7.04. The Morgan fingerprint density at radius 1 is 1.03 bits per heavy atom. The second kappa shape index (κ2) is 8.82. The number of phosphoric acid groups is 3. The van der Waals surface area contributed by atoms with Gasteiger partial charge in [-0.2, -0.15) is 8.62 Å². The van der Waals surface area contributed by atoms with E-state index in [2.05, 4.69) is 28.1 Å². The van der Waals surface area contributed by atoms with Crippen LogP contribution in [-0.2, 0) is 31.6 Å². The average Bonchev–Trinajstić information content (AvgIpc) is 3.13. The Bertz CT molecular complexity index is 1110. The fourth-order valence-corrected chi connectivity index (χ4v) is 5.78. The van der Waals surface area contributed by atoms with Crippen molar-refractivity contribution in [3.63, 3.8) is 0 Å². The molecule has 3 rings (SSSR count). The number of fused-ring (bicyclic) bond motifs is 1. The van der Waals surface area contributed by atoms with Crippen LogP contribution in [0.15, 0.2) is 12.7 Å². The van der Waals surface area contributed by atoms with Gasteiger partial charge < -0.3 is 34.5 Å². The Hall–Kier alpha value is -0.870. The molecule has 6 N–H and O–H groups in total. The number of phosphoric ester groups is 1. The summed E-state index contributed by atoms with van der Waals surface area (Å²) in [5.74, 6) is 0. The van der Waals surface area contributed by atoms with Crippen LogP contribution in [-0.4, -0.2) is 74.2 Å². The molecule has 2 aromatic heterocycles. The van der Waals surface area contributed by atoms with E-state index in [4.69, 9.17) is 31.0 Å². The summed E-state index contributed by atoms with van der Waals surface area (Å²) in [7, 11) is -16.7. The van der Waals surface area contributed by atoms with Crippen LogP contribution >= 0.6 is 35.1 Å². The average molecular weight is 527 g/mol. The van der Waals surface area contributed by atoms with Gasteiger partial charge in [0, 0.05) is 0 Å². The van der Waals surface area contributed by atoms with Crippen molar-refractivity contribution in [2.24, 2.45) is 0 Å². The summed E-state index contributed by atoms with van der Waals surface area (Å²) >= 11 is 5.89. The highest BCUT2D eigenvalue weighted by Gasteiger charge is 2.47. The number of aliphatic hydroxyl groups excluding tert-OH is 2. The number of rotatable bonds is 8. The van der Waals surface area contributed by atoms with E-state index in [-0.39, 0.29) is 16.3 Å². The van der Waals surface area contributed by atoms with Crippen LogP contribution in [0.3, 0.4) is 0 Å². The topological polar surface area (TPSA) is 253 Å². The van der Waals surface area contributed by atoms with Crippen LogP contribution in [0, 0.1) is 0 Å². The molecule has 0 bridgehead atoms. The second-order valence-corrected chi connectivity index (χ2v) is 10.7. The number of aromatic nitrogens is 4. The third-order valence-corrected chi connectivity index (χ3v) is 7.82. The quantitative estimate of drug-likeness (QED) is 0.186. The zero-order valence-corrected chi connectivity index (χ0v) is 18.2. The van der Waals surface area contributed by atoms with Crippen molar-refractivity contribution in [2.45, 2.75) is 24.5 Å². The van der Waals surface area contributed by atoms with Gasteiger partial charge in [0.25, 0.3) is 0 Å². The van der Waals surface area contributed by atoms with Crippen LogP contribution in [0.4, 0.5) is 0 Å². The monoisotopic (exact) mass is 526 g/mol. The molecule has 0 saturated carbocycles. The van der Waals surface area contributed by atoms with Crippen molar-refractivity contribution in [3.05, 3.63) is 17.8 Å². The van der Waals surface area contributed by atoms with Crippen molar-refractivity contribution in [3.8, 4) is 0 Å². The number of hydrogen-bond acceptors (Lipinski definition) is 12.